The molecule has 7 heteroatoms. The molecule has 0 unspecified atom stereocenters. The molecular weight excluding hydrogens is 338 g/mol. The molecule has 0 bridgehead atoms. The summed E-state index contributed by atoms with van der Waals surface area (Å²) >= 11 is 1.55. The van der Waals surface area contributed by atoms with Gasteiger partial charge in [0.2, 0.25) is 0 Å². The lowest BCUT2D eigenvalue weighted by molar-refractivity contribution is 0.0737. The Morgan fingerprint density at radius 1 is 1.48 bits per heavy atom. The largest absolute Gasteiger partial charge is 0.390 e. The van der Waals surface area contributed by atoms with E-state index in [1.165, 1.54) is 0 Å². The summed E-state index contributed by atoms with van der Waals surface area (Å²) in [6.45, 7) is 4.77. The van der Waals surface area contributed by atoms with E-state index < -0.39 is 0 Å². The lowest BCUT2D eigenvalue weighted by Crippen LogP contribution is -2.36. The van der Waals surface area contributed by atoms with E-state index in [1.54, 1.807) is 11.3 Å². The Hall–Kier alpha value is -1.70. The molecule has 25 heavy (non-hydrogen) atoms. The summed E-state index contributed by atoms with van der Waals surface area (Å²) in [6, 6.07) is 3.94. The summed E-state index contributed by atoms with van der Waals surface area (Å²) in [7, 11) is 0. The molecule has 0 spiro atoms. The molecular formula is C18H23N3O3S. The summed E-state index contributed by atoms with van der Waals surface area (Å²) in [4.78, 5) is 16.7. The van der Waals surface area contributed by atoms with Gasteiger partial charge in [-0.1, -0.05) is 0 Å². The van der Waals surface area contributed by atoms with Gasteiger partial charge in [0.25, 0.3) is 5.91 Å². The van der Waals surface area contributed by atoms with Crippen LogP contribution in [0.1, 0.15) is 57.4 Å². The number of aromatic nitrogens is 2. The average molecular weight is 361 g/mol. The number of ether oxygens (including phenoxy) is 1. The van der Waals surface area contributed by atoms with Crippen molar-refractivity contribution in [2.24, 2.45) is 0 Å². The first kappa shape index (κ1) is 16.8. The molecule has 2 aliphatic rings. The van der Waals surface area contributed by atoms with Gasteiger partial charge in [-0.25, -0.2) is 0 Å². The topological polar surface area (TPSA) is 67.6 Å². The van der Waals surface area contributed by atoms with Gasteiger partial charge in [0.15, 0.2) is 0 Å². The quantitative estimate of drug-likeness (QED) is 0.909. The fraction of sp³-hybridized carbons (Fsp3) is 0.556. The predicted octanol–water partition coefficient (Wildman–Crippen LogP) is 2.51. The van der Waals surface area contributed by atoms with Crippen LogP contribution < -0.4 is 0 Å². The Morgan fingerprint density at radius 2 is 2.36 bits per heavy atom. The second-order valence-corrected chi connectivity index (χ2v) is 7.64. The van der Waals surface area contributed by atoms with Crippen LogP contribution in [0.25, 0.3) is 0 Å². The number of aliphatic hydroxyl groups excluding tert-OH is 1. The highest BCUT2D eigenvalue weighted by Gasteiger charge is 2.29. The number of thiophene rings is 1. The zero-order valence-electron chi connectivity index (χ0n) is 14.4. The van der Waals surface area contributed by atoms with Crippen molar-refractivity contribution in [1.29, 1.82) is 0 Å². The van der Waals surface area contributed by atoms with E-state index in [0.717, 1.165) is 53.4 Å². The fourth-order valence-electron chi connectivity index (χ4n) is 3.72. The Labute approximate surface area is 151 Å². The van der Waals surface area contributed by atoms with Crippen molar-refractivity contribution in [3.05, 3.63) is 38.8 Å². The molecule has 2 aromatic rings. The standard InChI is InChI=1S/C18H23N3O3S/c1-2-21-14-7-8-20(10-12(14)13(11-22)19-21)18(23)17-6-5-16(25-17)15-4-3-9-24-15/h5-6,15,22H,2-4,7-11H2,1H3/t15-/m1/s1. The maximum atomic E-state index is 12.9. The second kappa shape index (κ2) is 6.90. The van der Waals surface area contributed by atoms with Gasteiger partial charge in [0.05, 0.1) is 23.3 Å². The summed E-state index contributed by atoms with van der Waals surface area (Å²) in [5, 5.41) is 14.0. The first-order valence-electron chi connectivity index (χ1n) is 8.90. The van der Waals surface area contributed by atoms with Gasteiger partial charge in [-0.15, -0.1) is 11.3 Å². The average Bonchev–Trinajstić information content (AvgIpc) is 3.38. The summed E-state index contributed by atoms with van der Waals surface area (Å²) in [6.07, 6.45) is 3.07. The fourth-order valence-corrected chi connectivity index (χ4v) is 4.78. The van der Waals surface area contributed by atoms with Gasteiger partial charge in [0, 0.05) is 48.8 Å². The number of hydrogen-bond acceptors (Lipinski definition) is 5. The SMILES string of the molecule is CCn1nc(CO)c2c1CCN(C(=O)c1ccc([C@H]3CCCO3)s1)C2. The van der Waals surface area contributed by atoms with Crippen LogP contribution in [0.4, 0.5) is 0 Å². The third kappa shape index (κ3) is 3.01. The van der Waals surface area contributed by atoms with Crippen LogP contribution >= 0.6 is 11.3 Å². The number of nitrogens with zero attached hydrogens (tertiary/aromatic N) is 3. The van der Waals surface area contributed by atoms with Crippen molar-refractivity contribution >= 4 is 17.2 Å². The smallest absolute Gasteiger partial charge is 0.264 e. The number of hydrogen-bond donors (Lipinski definition) is 1. The molecule has 0 aliphatic carbocycles. The van der Waals surface area contributed by atoms with E-state index in [0.29, 0.717) is 18.8 Å². The zero-order chi connectivity index (χ0) is 17.4. The number of fused-ring (bicyclic) bond motifs is 1. The van der Waals surface area contributed by atoms with Crippen LogP contribution in [0.2, 0.25) is 0 Å². The van der Waals surface area contributed by atoms with Crippen LogP contribution in [-0.4, -0.2) is 38.8 Å². The van der Waals surface area contributed by atoms with Crippen molar-refractivity contribution in [2.45, 2.75) is 52.0 Å². The van der Waals surface area contributed by atoms with Gasteiger partial charge >= 0.3 is 0 Å². The minimum Gasteiger partial charge on any atom is -0.390 e. The van der Waals surface area contributed by atoms with Crippen molar-refractivity contribution < 1.29 is 14.6 Å². The number of amides is 1. The predicted molar refractivity (Wildman–Crippen MR) is 94.5 cm³/mol. The summed E-state index contributed by atoms with van der Waals surface area (Å²) < 4.78 is 7.66. The van der Waals surface area contributed by atoms with Crippen molar-refractivity contribution in [3.8, 4) is 0 Å². The lowest BCUT2D eigenvalue weighted by atomic mass is 10.0. The highest BCUT2D eigenvalue weighted by molar-refractivity contribution is 7.14. The van der Waals surface area contributed by atoms with Gasteiger partial charge < -0.3 is 14.7 Å². The maximum Gasteiger partial charge on any atom is 0.264 e. The Kier molecular flexibility index (Phi) is 4.62. The molecule has 4 rings (SSSR count). The molecule has 134 valence electrons. The second-order valence-electron chi connectivity index (χ2n) is 6.53. The van der Waals surface area contributed by atoms with Gasteiger partial charge in [-0.2, -0.15) is 5.10 Å². The van der Waals surface area contributed by atoms with Gasteiger partial charge in [0.1, 0.15) is 0 Å². The number of rotatable bonds is 4. The highest BCUT2D eigenvalue weighted by atomic mass is 32.1. The van der Waals surface area contributed by atoms with Crippen LogP contribution in [0.5, 0.6) is 0 Å². The molecule has 0 aromatic carbocycles. The molecule has 0 saturated carbocycles. The van der Waals surface area contributed by atoms with Crippen LogP contribution in [0, 0.1) is 0 Å². The normalized spacial score (nSPS) is 20.1. The van der Waals surface area contributed by atoms with E-state index in [1.807, 2.05) is 28.6 Å². The number of carbonyl (C=O) groups excluding carboxylic acids is 1. The van der Waals surface area contributed by atoms with E-state index in [2.05, 4.69) is 5.10 Å². The van der Waals surface area contributed by atoms with Crippen LogP contribution in [0.3, 0.4) is 0 Å². The third-order valence-corrected chi connectivity index (χ3v) is 6.20. The minimum absolute atomic E-state index is 0.0630. The molecule has 1 saturated heterocycles. The molecule has 2 aromatic heterocycles. The van der Waals surface area contributed by atoms with Gasteiger partial charge in [-0.05, 0) is 31.9 Å². The van der Waals surface area contributed by atoms with Crippen LogP contribution in [0.15, 0.2) is 12.1 Å². The maximum absolute atomic E-state index is 12.9. The molecule has 6 nitrogen and oxygen atoms in total. The molecule has 1 atom stereocenters. The summed E-state index contributed by atoms with van der Waals surface area (Å²) in [5.74, 6) is 0.0630. The Bertz CT molecular complexity index is 777. The molecule has 1 N–H and O–H groups in total. The summed E-state index contributed by atoms with van der Waals surface area (Å²) in [5.41, 5.74) is 2.86. The third-order valence-electron chi connectivity index (χ3n) is 5.04. The highest BCUT2D eigenvalue weighted by Crippen LogP contribution is 2.34. The van der Waals surface area contributed by atoms with E-state index >= 15 is 0 Å². The van der Waals surface area contributed by atoms with Crippen molar-refractivity contribution in [1.82, 2.24) is 14.7 Å². The van der Waals surface area contributed by atoms with E-state index in [4.69, 9.17) is 4.74 Å². The van der Waals surface area contributed by atoms with Crippen LogP contribution in [-0.2, 0) is 30.9 Å². The zero-order valence-corrected chi connectivity index (χ0v) is 15.2. The minimum atomic E-state index is -0.0838. The number of aryl methyl sites for hydroxylation is 1. The Balaban J connectivity index is 1.53. The van der Waals surface area contributed by atoms with Crippen molar-refractivity contribution in [3.63, 3.8) is 0 Å². The molecule has 1 amide bonds. The number of carbonyl (C=O) groups is 1. The Morgan fingerprint density at radius 3 is 3.08 bits per heavy atom. The molecule has 4 heterocycles. The first-order valence-corrected chi connectivity index (χ1v) is 9.71. The lowest BCUT2D eigenvalue weighted by Gasteiger charge is -2.27. The molecule has 2 aliphatic heterocycles. The monoisotopic (exact) mass is 361 g/mol. The number of aliphatic hydroxyl groups is 1. The van der Waals surface area contributed by atoms with E-state index in [9.17, 15) is 9.90 Å². The molecule has 1 fully saturated rings. The van der Waals surface area contributed by atoms with Crippen molar-refractivity contribution in [2.75, 3.05) is 13.2 Å². The molecule has 0 radical (unpaired) electrons. The van der Waals surface area contributed by atoms with Gasteiger partial charge in [-0.3, -0.25) is 9.48 Å². The van der Waals surface area contributed by atoms with E-state index in [-0.39, 0.29) is 18.6 Å². The first-order chi connectivity index (χ1) is 12.2.